The van der Waals surface area contributed by atoms with Crippen molar-refractivity contribution >= 4 is 17.7 Å². The minimum absolute atomic E-state index is 0.130. The van der Waals surface area contributed by atoms with Gasteiger partial charge in [-0.1, -0.05) is 162 Å². The van der Waals surface area contributed by atoms with Crippen LogP contribution in [0.15, 0.2) is 0 Å². The van der Waals surface area contributed by atoms with Crippen LogP contribution in [-0.4, -0.2) is 79.0 Å². The van der Waals surface area contributed by atoms with E-state index in [2.05, 4.69) is 12.2 Å². The molecule has 1 saturated carbocycles. The van der Waals surface area contributed by atoms with E-state index in [9.17, 15) is 30.3 Å². The Morgan fingerprint density at radius 3 is 1.45 bits per heavy atom. The quantitative estimate of drug-likeness (QED) is 0.0405. The molecular weight excluding hydrogens is 610 g/mol. The van der Waals surface area contributed by atoms with Gasteiger partial charge < -0.3 is 30.8 Å². The highest BCUT2D eigenvalue weighted by atomic mass is 32.2. The van der Waals surface area contributed by atoms with Crippen molar-refractivity contribution in [2.75, 3.05) is 5.75 Å². The number of nitrogens with one attached hydrogen (secondary N) is 1. The highest BCUT2D eigenvalue weighted by molar-refractivity contribution is 8.00. The summed E-state index contributed by atoms with van der Waals surface area (Å²) in [5.74, 6) is 0.0130. The van der Waals surface area contributed by atoms with E-state index in [0.29, 0.717) is 25.0 Å². The van der Waals surface area contributed by atoms with Gasteiger partial charge in [-0.05, 0) is 25.2 Å². The van der Waals surface area contributed by atoms with Gasteiger partial charge >= 0.3 is 0 Å². The lowest BCUT2D eigenvalue weighted by Crippen LogP contribution is -2.53. The van der Waals surface area contributed by atoms with Gasteiger partial charge in [0.15, 0.2) is 0 Å². The van der Waals surface area contributed by atoms with Crippen LogP contribution >= 0.6 is 11.8 Å². The van der Waals surface area contributed by atoms with Crippen LogP contribution in [0.4, 0.5) is 0 Å². The summed E-state index contributed by atoms with van der Waals surface area (Å²) in [6.07, 6.45) is 26.6. The number of carbonyl (C=O) groups excluding carboxylic acids is 1. The fraction of sp³-hybridized carbons (Fsp3) is 0.974. The normalized spacial score (nSPS) is 23.4. The van der Waals surface area contributed by atoms with Crippen LogP contribution in [0, 0.1) is 5.92 Å². The van der Waals surface area contributed by atoms with Gasteiger partial charge in [-0.15, -0.1) is 0 Å². The van der Waals surface area contributed by atoms with Gasteiger partial charge in [-0.3, -0.25) is 4.79 Å². The average Bonchev–Trinajstić information content (AvgIpc) is 3.07. The lowest BCUT2D eigenvalue weighted by atomic mass is 9.83. The third-order valence-electron chi connectivity index (χ3n) is 10.3. The molecule has 8 atom stereocenters. The average molecular weight is 688 g/mol. The predicted molar refractivity (Wildman–Crippen MR) is 199 cm³/mol. The van der Waals surface area contributed by atoms with Crippen LogP contribution in [0.1, 0.15) is 188 Å². The maximum atomic E-state index is 12.7. The SMILES string of the molecule is CCCCCCCCCCCCCCCCCCCCCCCCCC(=O)NC(CSC1CC(C)C(O)C(O)C1O)C(O)C(O)CC. The molecule has 0 saturated heterocycles. The fourth-order valence-corrected chi connectivity index (χ4v) is 8.42. The Hall–Kier alpha value is -0.380. The van der Waals surface area contributed by atoms with Gasteiger partial charge in [-0.25, -0.2) is 0 Å². The van der Waals surface area contributed by atoms with Crippen LogP contribution in [-0.2, 0) is 4.79 Å². The van der Waals surface area contributed by atoms with E-state index in [-0.39, 0.29) is 17.1 Å². The molecule has 8 unspecified atom stereocenters. The molecule has 0 aliphatic heterocycles. The second-order valence-corrected chi connectivity index (χ2v) is 16.0. The standard InChI is InChI=1S/C39H77NO6S/c1-4-6-7-8-9-10-11-12-13-14-15-16-17-18-19-20-21-22-23-24-25-26-27-28-35(42)40-32(37(44)33(41)5-2)30-47-34-29-31(3)36(43)39(46)38(34)45/h31-34,36-39,41,43-46H,4-30H2,1-3H3,(H,40,42). The zero-order valence-corrected chi connectivity index (χ0v) is 31.6. The van der Waals surface area contributed by atoms with Crippen LogP contribution in [0.25, 0.3) is 0 Å². The van der Waals surface area contributed by atoms with Crippen molar-refractivity contribution in [3.8, 4) is 0 Å². The van der Waals surface area contributed by atoms with Crippen LogP contribution < -0.4 is 5.32 Å². The molecule has 7 nitrogen and oxygen atoms in total. The highest BCUT2D eigenvalue weighted by Gasteiger charge is 2.41. The van der Waals surface area contributed by atoms with E-state index in [1.807, 2.05) is 6.92 Å². The molecule has 1 fully saturated rings. The molecule has 8 heteroatoms. The van der Waals surface area contributed by atoms with Crippen LogP contribution in [0.2, 0.25) is 0 Å². The van der Waals surface area contributed by atoms with Crippen molar-refractivity contribution in [1.29, 1.82) is 0 Å². The second-order valence-electron chi connectivity index (χ2n) is 14.7. The second kappa shape index (κ2) is 29.4. The molecule has 0 aromatic rings. The van der Waals surface area contributed by atoms with Crippen molar-refractivity contribution in [3.63, 3.8) is 0 Å². The Balaban J connectivity index is 2.03. The smallest absolute Gasteiger partial charge is 0.220 e. The summed E-state index contributed by atoms with van der Waals surface area (Å²) in [5, 5.41) is 54.2. The van der Waals surface area contributed by atoms with Gasteiger partial charge in [0.2, 0.25) is 5.91 Å². The zero-order chi connectivity index (χ0) is 34.7. The topological polar surface area (TPSA) is 130 Å². The molecule has 0 aromatic heterocycles. The molecular formula is C39H77NO6S. The minimum Gasteiger partial charge on any atom is -0.390 e. The maximum Gasteiger partial charge on any atom is 0.220 e. The predicted octanol–water partition coefficient (Wildman–Crippen LogP) is 8.21. The van der Waals surface area contributed by atoms with Gasteiger partial charge in [-0.2, -0.15) is 11.8 Å². The van der Waals surface area contributed by atoms with E-state index in [0.717, 1.165) is 19.3 Å². The molecule has 0 heterocycles. The summed E-state index contributed by atoms with van der Waals surface area (Å²) in [6, 6.07) is -0.654. The summed E-state index contributed by atoms with van der Waals surface area (Å²) in [7, 11) is 0. The molecule has 0 spiro atoms. The van der Waals surface area contributed by atoms with Crippen molar-refractivity contribution < 1.29 is 30.3 Å². The molecule has 6 N–H and O–H groups in total. The Bertz CT molecular complexity index is 730. The molecule has 0 bridgehead atoms. The van der Waals surface area contributed by atoms with E-state index in [1.165, 1.54) is 140 Å². The number of carbonyl (C=O) groups is 1. The molecule has 280 valence electrons. The van der Waals surface area contributed by atoms with E-state index in [4.69, 9.17) is 0 Å². The Morgan fingerprint density at radius 1 is 0.638 bits per heavy atom. The van der Waals surface area contributed by atoms with E-state index in [1.54, 1.807) is 6.92 Å². The van der Waals surface area contributed by atoms with Gasteiger partial charge in [0, 0.05) is 17.4 Å². The summed E-state index contributed by atoms with van der Waals surface area (Å²) >= 11 is 1.37. The molecule has 1 aliphatic rings. The number of thioether (sulfide) groups is 1. The first-order chi connectivity index (χ1) is 22.7. The Kier molecular flexibility index (Phi) is 27.9. The van der Waals surface area contributed by atoms with Crippen molar-refractivity contribution in [3.05, 3.63) is 0 Å². The fourth-order valence-electron chi connectivity index (χ4n) is 6.88. The molecule has 0 aromatic carbocycles. The highest BCUT2D eigenvalue weighted by Crippen LogP contribution is 2.33. The Morgan fingerprint density at radius 2 is 1.04 bits per heavy atom. The first-order valence-corrected chi connectivity index (χ1v) is 21.1. The van der Waals surface area contributed by atoms with Crippen molar-refractivity contribution in [2.24, 2.45) is 5.92 Å². The molecule has 1 aliphatic carbocycles. The zero-order valence-electron chi connectivity index (χ0n) is 30.8. The molecule has 1 rings (SSSR count). The number of aliphatic hydroxyl groups is 5. The molecule has 1 amide bonds. The summed E-state index contributed by atoms with van der Waals surface area (Å²) in [4.78, 5) is 12.7. The van der Waals surface area contributed by atoms with Crippen molar-refractivity contribution in [2.45, 2.75) is 230 Å². The third-order valence-corrected chi connectivity index (χ3v) is 11.8. The first-order valence-electron chi connectivity index (χ1n) is 20.0. The first kappa shape index (κ1) is 44.6. The summed E-state index contributed by atoms with van der Waals surface area (Å²) in [6.45, 7) is 5.90. The van der Waals surface area contributed by atoms with Gasteiger partial charge in [0.25, 0.3) is 0 Å². The molecule has 0 radical (unpaired) electrons. The number of hydrogen-bond donors (Lipinski definition) is 6. The number of unbranched alkanes of at least 4 members (excludes halogenated alkanes) is 22. The number of rotatable bonds is 31. The summed E-state index contributed by atoms with van der Waals surface area (Å²) < 4.78 is 0. The molecule has 47 heavy (non-hydrogen) atoms. The van der Waals surface area contributed by atoms with Crippen LogP contribution in [0.5, 0.6) is 0 Å². The number of amides is 1. The van der Waals surface area contributed by atoms with E-state index >= 15 is 0 Å². The van der Waals surface area contributed by atoms with Gasteiger partial charge in [0.1, 0.15) is 12.2 Å². The maximum absolute atomic E-state index is 12.7. The third kappa shape index (κ3) is 21.4. The van der Waals surface area contributed by atoms with Crippen LogP contribution in [0.3, 0.4) is 0 Å². The largest absolute Gasteiger partial charge is 0.390 e. The Labute approximate surface area is 293 Å². The number of aliphatic hydroxyl groups excluding tert-OH is 5. The minimum atomic E-state index is -1.21. The monoisotopic (exact) mass is 688 g/mol. The lowest BCUT2D eigenvalue weighted by molar-refractivity contribution is -0.123. The van der Waals surface area contributed by atoms with E-state index < -0.39 is 36.6 Å². The van der Waals surface area contributed by atoms with Crippen molar-refractivity contribution in [1.82, 2.24) is 5.32 Å². The number of hydrogen-bond acceptors (Lipinski definition) is 7. The lowest BCUT2D eigenvalue weighted by Gasteiger charge is -2.39. The summed E-state index contributed by atoms with van der Waals surface area (Å²) in [5.41, 5.74) is 0. The van der Waals surface area contributed by atoms with Gasteiger partial charge in [0.05, 0.1) is 24.4 Å².